The molecule has 0 aromatic heterocycles. The topological polar surface area (TPSA) is 12.4 Å². The fraction of sp³-hybridized carbons (Fsp3) is 0.300. The molecule has 2 rings (SSSR count). The van der Waals surface area contributed by atoms with E-state index in [1.54, 1.807) is 6.07 Å². The summed E-state index contributed by atoms with van der Waals surface area (Å²) in [5.41, 5.74) is 1.92. The number of rotatable bonds is 1. The maximum absolute atomic E-state index is 12.9. The SMILES string of the molecule is Fc1ccc(Br)c(C2=NCCC2)c1. The zero-order valence-corrected chi connectivity index (χ0v) is 8.64. The Morgan fingerprint density at radius 1 is 1.38 bits per heavy atom. The largest absolute Gasteiger partial charge is 0.289 e. The summed E-state index contributed by atoms with van der Waals surface area (Å²) >= 11 is 3.39. The van der Waals surface area contributed by atoms with Crippen molar-refractivity contribution in [1.29, 1.82) is 0 Å². The second-order valence-electron chi connectivity index (χ2n) is 3.06. The molecule has 0 fully saturated rings. The van der Waals surface area contributed by atoms with Gasteiger partial charge in [0, 0.05) is 22.3 Å². The van der Waals surface area contributed by atoms with Gasteiger partial charge in [-0.25, -0.2) is 4.39 Å². The first-order valence-corrected chi connectivity index (χ1v) is 5.05. The molecule has 0 atom stereocenters. The Hall–Kier alpha value is -0.700. The molecule has 0 saturated carbocycles. The molecule has 68 valence electrons. The second kappa shape index (κ2) is 3.58. The van der Waals surface area contributed by atoms with Gasteiger partial charge in [0.2, 0.25) is 0 Å². The van der Waals surface area contributed by atoms with Crippen LogP contribution in [0.5, 0.6) is 0 Å². The van der Waals surface area contributed by atoms with E-state index in [0.717, 1.165) is 35.1 Å². The predicted molar refractivity (Wildman–Crippen MR) is 54.7 cm³/mol. The minimum Gasteiger partial charge on any atom is -0.289 e. The summed E-state index contributed by atoms with van der Waals surface area (Å²) < 4.78 is 13.9. The maximum Gasteiger partial charge on any atom is 0.123 e. The molecule has 0 spiro atoms. The van der Waals surface area contributed by atoms with Crippen LogP contribution in [0.3, 0.4) is 0 Å². The van der Waals surface area contributed by atoms with Gasteiger partial charge in [-0.05, 0) is 31.0 Å². The lowest BCUT2D eigenvalue weighted by atomic mass is 10.1. The van der Waals surface area contributed by atoms with Crippen LogP contribution in [0.25, 0.3) is 0 Å². The first-order valence-electron chi connectivity index (χ1n) is 4.26. The van der Waals surface area contributed by atoms with Crippen LogP contribution in [0.1, 0.15) is 18.4 Å². The molecule has 0 amide bonds. The van der Waals surface area contributed by atoms with E-state index in [-0.39, 0.29) is 5.82 Å². The molecule has 1 heterocycles. The fourth-order valence-corrected chi connectivity index (χ4v) is 1.95. The maximum atomic E-state index is 12.9. The first kappa shape index (κ1) is 8.88. The van der Waals surface area contributed by atoms with Gasteiger partial charge in [0.05, 0.1) is 0 Å². The Labute approximate surface area is 84.8 Å². The highest BCUT2D eigenvalue weighted by Crippen LogP contribution is 2.22. The first-order chi connectivity index (χ1) is 6.27. The van der Waals surface area contributed by atoms with E-state index in [2.05, 4.69) is 20.9 Å². The molecule has 0 radical (unpaired) electrons. The van der Waals surface area contributed by atoms with E-state index in [9.17, 15) is 4.39 Å². The number of hydrogen-bond acceptors (Lipinski definition) is 1. The standard InChI is InChI=1S/C10H9BrFN/c11-9-4-3-7(12)6-8(9)10-2-1-5-13-10/h3-4,6H,1-2,5H2. The van der Waals surface area contributed by atoms with Crippen LogP contribution in [-0.4, -0.2) is 12.3 Å². The lowest BCUT2D eigenvalue weighted by Crippen LogP contribution is -1.98. The Balaban J connectivity index is 2.43. The van der Waals surface area contributed by atoms with Gasteiger partial charge in [0.1, 0.15) is 5.82 Å². The molecule has 0 aliphatic carbocycles. The van der Waals surface area contributed by atoms with Crippen LogP contribution < -0.4 is 0 Å². The molecule has 0 bridgehead atoms. The summed E-state index contributed by atoms with van der Waals surface area (Å²) in [5, 5.41) is 0. The van der Waals surface area contributed by atoms with Crippen molar-refractivity contribution in [3.05, 3.63) is 34.1 Å². The lowest BCUT2D eigenvalue weighted by molar-refractivity contribution is 0.627. The highest BCUT2D eigenvalue weighted by molar-refractivity contribution is 9.10. The Morgan fingerprint density at radius 2 is 2.23 bits per heavy atom. The van der Waals surface area contributed by atoms with Gasteiger partial charge < -0.3 is 0 Å². The number of halogens is 2. The van der Waals surface area contributed by atoms with Crippen LogP contribution >= 0.6 is 15.9 Å². The third-order valence-electron chi connectivity index (χ3n) is 2.11. The van der Waals surface area contributed by atoms with Gasteiger partial charge in [-0.15, -0.1) is 0 Å². The Morgan fingerprint density at radius 3 is 2.92 bits per heavy atom. The molecule has 13 heavy (non-hydrogen) atoms. The fourth-order valence-electron chi connectivity index (χ4n) is 1.48. The van der Waals surface area contributed by atoms with Crippen molar-refractivity contribution in [2.24, 2.45) is 4.99 Å². The third-order valence-corrected chi connectivity index (χ3v) is 2.81. The summed E-state index contributed by atoms with van der Waals surface area (Å²) in [7, 11) is 0. The summed E-state index contributed by atoms with van der Waals surface area (Å²) in [6.07, 6.45) is 2.04. The van der Waals surface area contributed by atoms with Gasteiger partial charge in [-0.3, -0.25) is 4.99 Å². The second-order valence-corrected chi connectivity index (χ2v) is 3.91. The molecular weight excluding hydrogens is 233 g/mol. The minimum atomic E-state index is -0.201. The molecule has 1 aliphatic rings. The molecule has 1 aromatic rings. The Bertz CT molecular complexity index is 360. The molecular formula is C10H9BrFN. The van der Waals surface area contributed by atoms with Crippen molar-refractivity contribution in [3.8, 4) is 0 Å². The van der Waals surface area contributed by atoms with E-state index in [0.29, 0.717) is 0 Å². The van der Waals surface area contributed by atoms with E-state index in [4.69, 9.17) is 0 Å². The molecule has 1 aliphatic heterocycles. The van der Waals surface area contributed by atoms with Gasteiger partial charge in [-0.1, -0.05) is 15.9 Å². The molecule has 1 nitrogen and oxygen atoms in total. The number of aliphatic imine (C=N–C) groups is 1. The highest BCUT2D eigenvalue weighted by Gasteiger charge is 2.12. The van der Waals surface area contributed by atoms with E-state index < -0.39 is 0 Å². The van der Waals surface area contributed by atoms with Crippen LogP contribution in [0.2, 0.25) is 0 Å². The van der Waals surface area contributed by atoms with E-state index in [1.807, 2.05) is 0 Å². The number of hydrogen-bond donors (Lipinski definition) is 0. The molecule has 0 saturated heterocycles. The van der Waals surface area contributed by atoms with Crippen molar-refractivity contribution >= 4 is 21.6 Å². The lowest BCUT2D eigenvalue weighted by Gasteiger charge is -2.03. The molecule has 0 unspecified atom stereocenters. The van der Waals surface area contributed by atoms with Gasteiger partial charge in [0.15, 0.2) is 0 Å². The third kappa shape index (κ3) is 1.80. The summed E-state index contributed by atoms with van der Waals surface area (Å²) in [6.45, 7) is 0.873. The van der Waals surface area contributed by atoms with Crippen molar-refractivity contribution < 1.29 is 4.39 Å². The van der Waals surface area contributed by atoms with Crippen LogP contribution in [-0.2, 0) is 0 Å². The average molecular weight is 242 g/mol. The van der Waals surface area contributed by atoms with Crippen LogP contribution in [0.15, 0.2) is 27.7 Å². The van der Waals surface area contributed by atoms with Crippen molar-refractivity contribution in [3.63, 3.8) is 0 Å². The van der Waals surface area contributed by atoms with Crippen molar-refractivity contribution in [1.82, 2.24) is 0 Å². The van der Waals surface area contributed by atoms with Crippen molar-refractivity contribution in [2.45, 2.75) is 12.8 Å². The highest BCUT2D eigenvalue weighted by atomic mass is 79.9. The summed E-state index contributed by atoms with van der Waals surface area (Å²) in [4.78, 5) is 4.33. The number of benzene rings is 1. The minimum absolute atomic E-state index is 0.201. The van der Waals surface area contributed by atoms with Gasteiger partial charge in [-0.2, -0.15) is 0 Å². The van der Waals surface area contributed by atoms with Crippen LogP contribution in [0.4, 0.5) is 4.39 Å². The normalized spacial score (nSPS) is 16.0. The Kier molecular flexibility index (Phi) is 2.44. The van der Waals surface area contributed by atoms with Gasteiger partial charge in [0.25, 0.3) is 0 Å². The smallest absolute Gasteiger partial charge is 0.123 e. The zero-order valence-electron chi connectivity index (χ0n) is 7.06. The van der Waals surface area contributed by atoms with Crippen molar-refractivity contribution in [2.75, 3.05) is 6.54 Å². The summed E-state index contributed by atoms with van der Waals surface area (Å²) in [6, 6.07) is 4.71. The molecule has 3 heteroatoms. The van der Waals surface area contributed by atoms with E-state index in [1.165, 1.54) is 12.1 Å². The number of nitrogens with zero attached hydrogens (tertiary/aromatic N) is 1. The van der Waals surface area contributed by atoms with Crippen LogP contribution in [0, 0.1) is 5.82 Å². The summed E-state index contributed by atoms with van der Waals surface area (Å²) in [5.74, 6) is -0.201. The predicted octanol–water partition coefficient (Wildman–Crippen LogP) is 3.17. The van der Waals surface area contributed by atoms with Gasteiger partial charge >= 0.3 is 0 Å². The monoisotopic (exact) mass is 241 g/mol. The zero-order chi connectivity index (χ0) is 9.26. The average Bonchev–Trinajstić information content (AvgIpc) is 2.61. The quantitative estimate of drug-likeness (QED) is 0.717. The molecule has 0 N–H and O–H groups in total. The molecule has 1 aromatic carbocycles. The van der Waals surface area contributed by atoms with E-state index >= 15 is 0 Å².